The van der Waals surface area contributed by atoms with Crippen molar-refractivity contribution in [2.24, 2.45) is 0 Å². The van der Waals surface area contributed by atoms with Gasteiger partial charge >= 0.3 is 5.69 Å². The minimum absolute atomic E-state index is 0.0613. The molecular weight excluding hydrogens is 252 g/mol. The number of likely N-dealkylation sites (N-methyl/N-ethyl adjacent to an activating group) is 1. The third-order valence-electron chi connectivity index (χ3n) is 2.36. The molecule has 0 saturated carbocycles. The first-order valence-electron chi connectivity index (χ1n) is 5.69. The highest BCUT2D eigenvalue weighted by molar-refractivity contribution is 5.84. The van der Waals surface area contributed by atoms with E-state index in [-0.39, 0.29) is 29.1 Å². The zero-order valence-corrected chi connectivity index (χ0v) is 10.9. The van der Waals surface area contributed by atoms with E-state index < -0.39 is 11.0 Å². The summed E-state index contributed by atoms with van der Waals surface area (Å²) in [5.74, 6) is -0.436. The Bertz CT molecular complexity index is 504. The Morgan fingerprint density at radius 2 is 2.16 bits per heavy atom. The Morgan fingerprint density at radius 3 is 2.68 bits per heavy atom. The number of rotatable bonds is 5. The van der Waals surface area contributed by atoms with Crippen LogP contribution in [0.3, 0.4) is 0 Å². The normalized spacial score (nSPS) is 11.7. The molecule has 0 aromatic carbocycles. The van der Waals surface area contributed by atoms with Gasteiger partial charge in [0.05, 0.1) is 4.92 Å². The number of aryl methyl sites for hydroxylation is 1. The fourth-order valence-corrected chi connectivity index (χ4v) is 1.51. The van der Waals surface area contributed by atoms with Gasteiger partial charge in [-0.1, -0.05) is 0 Å². The number of nitro groups is 1. The molecule has 1 unspecified atom stereocenters. The fraction of sp³-hybridized carbons (Fsp3) is 0.500. The average molecular weight is 268 g/mol. The van der Waals surface area contributed by atoms with E-state index in [4.69, 9.17) is 5.73 Å². The van der Waals surface area contributed by atoms with Crippen molar-refractivity contribution in [2.75, 3.05) is 17.6 Å². The molecule has 104 valence electrons. The summed E-state index contributed by atoms with van der Waals surface area (Å²) in [6.07, 6.45) is 0. The Labute approximate surface area is 109 Å². The van der Waals surface area contributed by atoms with Crippen molar-refractivity contribution in [1.29, 1.82) is 0 Å². The molecule has 0 aliphatic carbocycles. The van der Waals surface area contributed by atoms with E-state index in [1.807, 2.05) is 0 Å². The predicted octanol–water partition coefficient (Wildman–Crippen LogP) is 0.212. The van der Waals surface area contributed by atoms with Crippen LogP contribution in [-0.4, -0.2) is 33.4 Å². The molecule has 1 heterocycles. The summed E-state index contributed by atoms with van der Waals surface area (Å²) in [6.45, 7) is 5.28. The molecule has 1 rings (SSSR count). The molecule has 1 amide bonds. The second-order valence-electron chi connectivity index (χ2n) is 3.88. The number of nitrogens with zero attached hydrogens (tertiary/aromatic N) is 3. The lowest BCUT2D eigenvalue weighted by Crippen LogP contribution is -2.37. The number of carbonyl (C=O) groups excluding carboxylic acids is 1. The maximum Gasteiger partial charge on any atom is 0.332 e. The van der Waals surface area contributed by atoms with Gasteiger partial charge in [-0.15, -0.1) is 0 Å². The Hall–Kier alpha value is -2.45. The highest BCUT2D eigenvalue weighted by atomic mass is 16.6. The van der Waals surface area contributed by atoms with Crippen molar-refractivity contribution in [2.45, 2.75) is 26.8 Å². The van der Waals surface area contributed by atoms with Crippen LogP contribution in [0.1, 0.15) is 19.5 Å². The first-order valence-corrected chi connectivity index (χ1v) is 5.69. The van der Waals surface area contributed by atoms with Crippen LogP contribution in [0.4, 0.5) is 17.5 Å². The molecule has 19 heavy (non-hydrogen) atoms. The van der Waals surface area contributed by atoms with Crippen LogP contribution in [0.25, 0.3) is 0 Å². The van der Waals surface area contributed by atoms with E-state index in [2.05, 4.69) is 20.6 Å². The van der Waals surface area contributed by atoms with Gasteiger partial charge in [0.25, 0.3) is 0 Å². The molecule has 0 aliphatic heterocycles. The van der Waals surface area contributed by atoms with Gasteiger partial charge in [-0.25, -0.2) is 4.98 Å². The van der Waals surface area contributed by atoms with E-state index in [1.54, 1.807) is 13.8 Å². The molecule has 0 saturated heterocycles. The van der Waals surface area contributed by atoms with Crippen LogP contribution in [0.15, 0.2) is 0 Å². The molecule has 1 atom stereocenters. The lowest BCUT2D eigenvalue weighted by atomic mass is 10.3. The monoisotopic (exact) mass is 268 g/mol. The first kappa shape index (κ1) is 14.6. The number of hydrogen-bond donors (Lipinski definition) is 3. The van der Waals surface area contributed by atoms with Crippen LogP contribution in [-0.2, 0) is 4.79 Å². The van der Waals surface area contributed by atoms with Crippen LogP contribution >= 0.6 is 0 Å². The number of amides is 1. The number of hydrogen-bond acceptors (Lipinski definition) is 7. The van der Waals surface area contributed by atoms with Gasteiger partial charge in [0.1, 0.15) is 11.7 Å². The molecule has 0 aliphatic rings. The Balaban J connectivity index is 3.06. The molecule has 0 radical (unpaired) electrons. The summed E-state index contributed by atoms with van der Waals surface area (Å²) in [5, 5.41) is 16.2. The second-order valence-corrected chi connectivity index (χ2v) is 3.88. The zero-order valence-electron chi connectivity index (χ0n) is 10.9. The van der Waals surface area contributed by atoms with Gasteiger partial charge in [-0.2, -0.15) is 4.98 Å². The Morgan fingerprint density at radius 1 is 1.53 bits per heavy atom. The van der Waals surface area contributed by atoms with Crippen LogP contribution in [0, 0.1) is 17.0 Å². The van der Waals surface area contributed by atoms with Crippen molar-refractivity contribution in [3.8, 4) is 0 Å². The predicted molar refractivity (Wildman–Crippen MR) is 69.6 cm³/mol. The standard InChI is InChI=1S/C10H16N6O3/c1-4-12-9(17)6(3)13-8-7(16(18)19)5(2)14-10(11)15-8/h6H,4H2,1-3H3,(H,12,17)(H3,11,13,14,15). The van der Waals surface area contributed by atoms with Crippen molar-refractivity contribution in [1.82, 2.24) is 15.3 Å². The second kappa shape index (κ2) is 5.94. The zero-order chi connectivity index (χ0) is 14.6. The van der Waals surface area contributed by atoms with Gasteiger partial charge in [0.2, 0.25) is 17.7 Å². The SMILES string of the molecule is CCNC(=O)C(C)Nc1nc(N)nc(C)c1[N+](=O)[O-]. The van der Waals surface area contributed by atoms with Crippen molar-refractivity contribution >= 4 is 23.4 Å². The summed E-state index contributed by atoms with van der Waals surface area (Å²) in [6, 6.07) is -0.674. The topological polar surface area (TPSA) is 136 Å². The molecule has 4 N–H and O–H groups in total. The number of nitrogens with two attached hydrogens (primary N) is 1. The van der Waals surface area contributed by atoms with Crippen LogP contribution in [0.5, 0.6) is 0 Å². The molecule has 0 bridgehead atoms. The summed E-state index contributed by atoms with van der Waals surface area (Å²) in [5.41, 5.74) is 5.31. The van der Waals surface area contributed by atoms with Gasteiger partial charge in [0, 0.05) is 6.54 Å². The van der Waals surface area contributed by atoms with Gasteiger partial charge in [-0.05, 0) is 20.8 Å². The van der Waals surface area contributed by atoms with E-state index in [0.717, 1.165) is 0 Å². The summed E-state index contributed by atoms with van der Waals surface area (Å²) in [7, 11) is 0. The van der Waals surface area contributed by atoms with Crippen molar-refractivity contribution < 1.29 is 9.72 Å². The number of carbonyl (C=O) groups is 1. The quantitative estimate of drug-likeness (QED) is 0.513. The number of nitrogens with one attached hydrogen (secondary N) is 2. The number of anilines is 2. The van der Waals surface area contributed by atoms with E-state index in [0.29, 0.717) is 6.54 Å². The average Bonchev–Trinajstić information content (AvgIpc) is 2.27. The molecule has 9 nitrogen and oxygen atoms in total. The molecular formula is C10H16N6O3. The van der Waals surface area contributed by atoms with Crippen LogP contribution < -0.4 is 16.4 Å². The summed E-state index contributed by atoms with van der Waals surface area (Å²) >= 11 is 0. The van der Waals surface area contributed by atoms with Gasteiger partial charge in [-0.3, -0.25) is 14.9 Å². The molecule has 9 heteroatoms. The first-order chi connectivity index (χ1) is 8.86. The maximum absolute atomic E-state index is 11.6. The third-order valence-corrected chi connectivity index (χ3v) is 2.36. The maximum atomic E-state index is 11.6. The molecule has 0 fully saturated rings. The minimum Gasteiger partial charge on any atom is -0.368 e. The highest BCUT2D eigenvalue weighted by Crippen LogP contribution is 2.26. The molecule has 0 spiro atoms. The minimum atomic E-state index is -0.674. The Kier molecular flexibility index (Phi) is 4.56. The highest BCUT2D eigenvalue weighted by Gasteiger charge is 2.24. The van der Waals surface area contributed by atoms with Gasteiger partial charge < -0.3 is 16.4 Å². The largest absolute Gasteiger partial charge is 0.368 e. The van der Waals surface area contributed by atoms with E-state index in [9.17, 15) is 14.9 Å². The van der Waals surface area contributed by atoms with Gasteiger partial charge in [0.15, 0.2) is 0 Å². The van der Waals surface area contributed by atoms with Crippen molar-refractivity contribution in [3.05, 3.63) is 15.8 Å². The fourth-order valence-electron chi connectivity index (χ4n) is 1.51. The van der Waals surface area contributed by atoms with Crippen molar-refractivity contribution in [3.63, 3.8) is 0 Å². The van der Waals surface area contributed by atoms with E-state index in [1.165, 1.54) is 6.92 Å². The smallest absolute Gasteiger partial charge is 0.332 e. The van der Waals surface area contributed by atoms with E-state index >= 15 is 0 Å². The third kappa shape index (κ3) is 3.50. The van der Waals surface area contributed by atoms with Crippen LogP contribution in [0.2, 0.25) is 0 Å². The summed E-state index contributed by atoms with van der Waals surface area (Å²) < 4.78 is 0. The lowest BCUT2D eigenvalue weighted by Gasteiger charge is -2.14. The molecule has 1 aromatic heterocycles. The molecule has 1 aromatic rings. The number of aromatic nitrogens is 2. The number of nitrogen functional groups attached to an aromatic ring is 1. The summed E-state index contributed by atoms with van der Waals surface area (Å²) in [4.78, 5) is 29.4. The lowest BCUT2D eigenvalue weighted by molar-refractivity contribution is -0.385.